The Morgan fingerprint density at radius 2 is 2.03 bits per heavy atom. The molecule has 1 saturated heterocycles. The summed E-state index contributed by atoms with van der Waals surface area (Å²) in [6, 6.07) is 12.7. The Kier molecular flexibility index (Phi) is 5.30. The lowest BCUT2D eigenvalue weighted by Crippen LogP contribution is -2.39. The first-order chi connectivity index (χ1) is 15.5. The summed E-state index contributed by atoms with van der Waals surface area (Å²) in [5, 5.41) is 4.70. The molecule has 0 unspecified atom stereocenters. The topological polar surface area (TPSA) is 88.8 Å². The molecular weight excluding hydrogens is 432 g/mol. The van der Waals surface area contributed by atoms with E-state index >= 15 is 0 Å². The summed E-state index contributed by atoms with van der Waals surface area (Å²) in [4.78, 5) is 32.8. The van der Waals surface area contributed by atoms with Crippen molar-refractivity contribution >= 4 is 34.8 Å². The van der Waals surface area contributed by atoms with Crippen LogP contribution in [0.2, 0.25) is 5.02 Å². The van der Waals surface area contributed by atoms with Crippen LogP contribution < -0.4 is 14.5 Å². The number of halogens is 1. The highest BCUT2D eigenvalue weighted by Gasteiger charge is 2.35. The maximum absolute atomic E-state index is 12.6. The Labute approximate surface area is 189 Å². The predicted molar refractivity (Wildman–Crippen MR) is 119 cm³/mol. The van der Waals surface area contributed by atoms with Gasteiger partial charge < -0.3 is 19.1 Å². The number of fused-ring (bicyclic) bond motifs is 1. The second-order valence-corrected chi connectivity index (χ2v) is 8.29. The summed E-state index contributed by atoms with van der Waals surface area (Å²) in [6.07, 6.45) is 1.12. The van der Waals surface area contributed by atoms with Gasteiger partial charge >= 0.3 is 0 Å². The van der Waals surface area contributed by atoms with Gasteiger partial charge in [-0.05, 0) is 42.8 Å². The van der Waals surface area contributed by atoms with E-state index < -0.39 is 0 Å². The second-order valence-electron chi connectivity index (χ2n) is 7.86. The van der Waals surface area contributed by atoms with E-state index in [1.807, 2.05) is 37.3 Å². The molecule has 1 fully saturated rings. The van der Waals surface area contributed by atoms with E-state index in [0.717, 1.165) is 12.1 Å². The summed E-state index contributed by atoms with van der Waals surface area (Å²) in [5.41, 5.74) is 2.17. The van der Waals surface area contributed by atoms with Crippen molar-refractivity contribution in [3.8, 4) is 17.1 Å². The predicted octanol–water partition coefficient (Wildman–Crippen LogP) is 4.05. The van der Waals surface area contributed by atoms with Crippen LogP contribution in [0, 0.1) is 0 Å². The quantitative estimate of drug-likeness (QED) is 0.580. The molecule has 8 nitrogen and oxygen atoms in total. The Morgan fingerprint density at radius 1 is 1.16 bits per heavy atom. The molecule has 1 aromatic heterocycles. The summed E-state index contributed by atoms with van der Waals surface area (Å²) < 4.78 is 11.1. The van der Waals surface area contributed by atoms with Crippen molar-refractivity contribution in [2.24, 2.45) is 0 Å². The molecule has 2 amide bonds. The van der Waals surface area contributed by atoms with Crippen molar-refractivity contribution in [3.63, 3.8) is 0 Å². The van der Waals surface area contributed by atoms with Crippen molar-refractivity contribution in [1.82, 2.24) is 10.1 Å². The Hall–Kier alpha value is -3.39. The highest BCUT2D eigenvalue weighted by Crippen LogP contribution is 2.37. The first-order valence-electron chi connectivity index (χ1n) is 10.5. The summed E-state index contributed by atoms with van der Waals surface area (Å²) >= 11 is 6.07. The summed E-state index contributed by atoms with van der Waals surface area (Å²) in [5.74, 6) is 1.18. The molecule has 3 heterocycles. The highest BCUT2D eigenvalue weighted by molar-refractivity contribution is 6.30. The van der Waals surface area contributed by atoms with E-state index in [-0.39, 0.29) is 30.8 Å². The van der Waals surface area contributed by atoms with Crippen LogP contribution in [0.25, 0.3) is 11.4 Å². The third-order valence-electron chi connectivity index (χ3n) is 5.64. The van der Waals surface area contributed by atoms with E-state index in [1.54, 1.807) is 21.9 Å². The number of benzene rings is 2. The van der Waals surface area contributed by atoms with Gasteiger partial charge in [0.25, 0.3) is 5.91 Å². The van der Waals surface area contributed by atoms with E-state index in [9.17, 15) is 9.59 Å². The lowest BCUT2D eigenvalue weighted by molar-refractivity contribution is -0.121. The minimum Gasteiger partial charge on any atom is -0.482 e. The van der Waals surface area contributed by atoms with E-state index in [1.165, 1.54) is 0 Å². The van der Waals surface area contributed by atoms with Gasteiger partial charge in [-0.1, -0.05) is 29.7 Å². The van der Waals surface area contributed by atoms with E-state index in [4.69, 9.17) is 20.9 Å². The molecule has 5 rings (SSSR count). The number of rotatable bonds is 5. The number of aromatic nitrogens is 2. The molecule has 0 spiro atoms. The van der Waals surface area contributed by atoms with Crippen LogP contribution in [0.1, 0.15) is 31.6 Å². The molecular formula is C23H21ClN4O4. The maximum atomic E-state index is 12.6. The van der Waals surface area contributed by atoms with E-state index in [2.05, 4.69) is 10.1 Å². The van der Waals surface area contributed by atoms with Crippen LogP contribution in [0.3, 0.4) is 0 Å². The lowest BCUT2D eigenvalue weighted by Gasteiger charge is -2.29. The maximum Gasteiger partial charge on any atom is 0.265 e. The molecule has 9 heteroatoms. The van der Waals surface area contributed by atoms with Gasteiger partial charge in [0, 0.05) is 35.8 Å². The molecule has 0 N–H and O–H groups in total. The Balaban J connectivity index is 1.39. The summed E-state index contributed by atoms with van der Waals surface area (Å²) in [6.45, 7) is 3.11. The van der Waals surface area contributed by atoms with Gasteiger partial charge in [0.15, 0.2) is 6.61 Å². The van der Waals surface area contributed by atoms with Crippen LogP contribution in [0.15, 0.2) is 47.0 Å². The molecule has 2 aliphatic rings. The molecule has 32 heavy (non-hydrogen) atoms. The monoisotopic (exact) mass is 452 g/mol. The lowest BCUT2D eigenvalue weighted by atomic mass is 10.1. The minimum absolute atomic E-state index is 0.0170. The standard InChI is InChI=1S/C23H21ClN4O4/c1-2-8-27-18-9-14(6-7-19(18)31-13-21(27)30)22-25-23(32-26-22)15-10-20(29)28(12-15)17-5-3-4-16(24)11-17/h3-7,9,11,15H,2,8,10,12-13H2,1H3/t15-/m0/s1. The van der Waals surface area contributed by atoms with Crippen LogP contribution in [0.4, 0.5) is 11.4 Å². The normalized spacial score (nSPS) is 18.1. The third-order valence-corrected chi connectivity index (χ3v) is 5.88. The molecule has 1 atom stereocenters. The van der Waals surface area contributed by atoms with Crippen molar-refractivity contribution < 1.29 is 18.8 Å². The van der Waals surface area contributed by atoms with Crippen molar-refractivity contribution in [3.05, 3.63) is 53.4 Å². The van der Waals surface area contributed by atoms with Gasteiger partial charge in [-0.2, -0.15) is 4.98 Å². The number of amides is 2. The first kappa shape index (κ1) is 20.5. The largest absolute Gasteiger partial charge is 0.482 e. The van der Waals surface area contributed by atoms with Gasteiger partial charge in [0.05, 0.1) is 11.6 Å². The zero-order valence-electron chi connectivity index (χ0n) is 17.5. The van der Waals surface area contributed by atoms with Crippen LogP contribution in [-0.4, -0.2) is 41.7 Å². The highest BCUT2D eigenvalue weighted by atomic mass is 35.5. The summed E-state index contributed by atoms with van der Waals surface area (Å²) in [7, 11) is 0. The number of hydrogen-bond donors (Lipinski definition) is 0. The number of carbonyl (C=O) groups excluding carboxylic acids is 2. The van der Waals surface area contributed by atoms with Gasteiger partial charge in [-0.3, -0.25) is 9.59 Å². The van der Waals surface area contributed by atoms with Crippen LogP contribution in [-0.2, 0) is 9.59 Å². The number of anilines is 2. The molecule has 0 radical (unpaired) electrons. The van der Waals surface area contributed by atoms with Crippen molar-refractivity contribution in [2.75, 3.05) is 29.5 Å². The molecule has 3 aromatic rings. The average molecular weight is 453 g/mol. The molecule has 0 aliphatic carbocycles. The fraction of sp³-hybridized carbons (Fsp3) is 0.304. The molecule has 2 aliphatic heterocycles. The smallest absolute Gasteiger partial charge is 0.265 e. The van der Waals surface area contributed by atoms with Gasteiger partial charge in [0.1, 0.15) is 5.75 Å². The first-order valence-corrected chi connectivity index (χ1v) is 10.9. The molecule has 0 bridgehead atoms. The fourth-order valence-corrected chi connectivity index (χ4v) is 4.28. The Bertz CT molecular complexity index is 1190. The van der Waals surface area contributed by atoms with Gasteiger partial charge in [-0.15, -0.1) is 0 Å². The number of ether oxygens (including phenoxy) is 1. The van der Waals surface area contributed by atoms with Gasteiger partial charge in [-0.25, -0.2) is 0 Å². The van der Waals surface area contributed by atoms with Crippen molar-refractivity contribution in [2.45, 2.75) is 25.7 Å². The zero-order chi connectivity index (χ0) is 22.2. The number of nitrogens with zero attached hydrogens (tertiary/aromatic N) is 4. The zero-order valence-corrected chi connectivity index (χ0v) is 18.2. The number of hydrogen-bond acceptors (Lipinski definition) is 6. The minimum atomic E-state index is -0.207. The van der Waals surface area contributed by atoms with Crippen LogP contribution in [0.5, 0.6) is 5.75 Å². The van der Waals surface area contributed by atoms with Crippen molar-refractivity contribution in [1.29, 1.82) is 0 Å². The van der Waals surface area contributed by atoms with Crippen LogP contribution >= 0.6 is 11.6 Å². The Morgan fingerprint density at radius 3 is 2.84 bits per heavy atom. The molecule has 2 aromatic carbocycles. The number of carbonyl (C=O) groups is 2. The molecule has 0 saturated carbocycles. The third kappa shape index (κ3) is 3.71. The second kappa shape index (κ2) is 8.27. The SMILES string of the molecule is CCCN1C(=O)COc2ccc(-c3noc([C@H]4CC(=O)N(c5cccc(Cl)c5)C4)n3)cc21. The van der Waals surface area contributed by atoms with Gasteiger partial charge in [0.2, 0.25) is 17.6 Å². The fourth-order valence-electron chi connectivity index (χ4n) is 4.09. The molecule has 164 valence electrons. The van der Waals surface area contributed by atoms with E-state index in [0.29, 0.717) is 46.8 Å². The average Bonchev–Trinajstić information content (AvgIpc) is 3.42.